The van der Waals surface area contributed by atoms with Crippen molar-refractivity contribution in [3.05, 3.63) is 42.0 Å². The van der Waals surface area contributed by atoms with Gasteiger partial charge in [0.2, 0.25) is 5.92 Å². The van der Waals surface area contributed by atoms with Crippen molar-refractivity contribution in [2.24, 2.45) is 0 Å². The van der Waals surface area contributed by atoms with Gasteiger partial charge in [-0.05, 0) is 73.3 Å². The maximum Gasteiger partial charge on any atom is 0.248 e. The Morgan fingerprint density at radius 3 is 2.38 bits per heavy atom. The number of halogens is 2. The highest BCUT2D eigenvalue weighted by Gasteiger charge is 2.35. The Bertz CT molecular complexity index is 745. The summed E-state index contributed by atoms with van der Waals surface area (Å²) in [4.78, 5) is 2.53. The molecule has 0 aromatic heterocycles. The van der Waals surface area contributed by atoms with Crippen LogP contribution in [0.1, 0.15) is 50.5 Å². The molecule has 2 fully saturated rings. The smallest absolute Gasteiger partial charge is 0.248 e. The topological polar surface area (TPSA) is 12.5 Å². The highest BCUT2D eigenvalue weighted by Crippen LogP contribution is 2.35. The molecule has 140 valence electrons. The predicted molar refractivity (Wildman–Crippen MR) is 101 cm³/mol. The van der Waals surface area contributed by atoms with Crippen LogP contribution in [0.15, 0.2) is 36.4 Å². The van der Waals surface area contributed by atoms with Crippen LogP contribution in [0.5, 0.6) is 5.75 Å². The third kappa shape index (κ3) is 4.35. The summed E-state index contributed by atoms with van der Waals surface area (Å²) in [5.41, 5.74) is 1.35. The van der Waals surface area contributed by atoms with E-state index < -0.39 is 5.92 Å². The van der Waals surface area contributed by atoms with Crippen LogP contribution in [0.2, 0.25) is 0 Å². The lowest BCUT2D eigenvalue weighted by atomic mass is 9.94. The zero-order chi connectivity index (χ0) is 18.0. The fourth-order valence-electron chi connectivity index (χ4n) is 4.14. The first-order valence-electron chi connectivity index (χ1n) is 9.87. The maximum atomic E-state index is 13.3. The van der Waals surface area contributed by atoms with E-state index in [-0.39, 0.29) is 18.9 Å². The molecule has 0 unspecified atom stereocenters. The van der Waals surface area contributed by atoms with Gasteiger partial charge in [-0.2, -0.15) is 0 Å². The van der Waals surface area contributed by atoms with E-state index in [1.165, 1.54) is 43.3 Å². The zero-order valence-corrected chi connectivity index (χ0v) is 15.2. The lowest BCUT2D eigenvalue weighted by molar-refractivity contribution is -0.0582. The normalized spacial score (nSPS) is 21.8. The first-order valence-corrected chi connectivity index (χ1v) is 9.87. The number of piperidine rings is 1. The van der Waals surface area contributed by atoms with Crippen molar-refractivity contribution in [2.75, 3.05) is 13.1 Å². The van der Waals surface area contributed by atoms with E-state index in [1.807, 2.05) is 12.1 Å². The summed E-state index contributed by atoms with van der Waals surface area (Å²) in [6.07, 6.45) is 4.61. The summed E-state index contributed by atoms with van der Waals surface area (Å²) in [6, 6.07) is 12.7. The molecular weight excluding hydrogens is 332 g/mol. The van der Waals surface area contributed by atoms with Crippen molar-refractivity contribution >= 4 is 10.8 Å². The number of alkyl halides is 2. The van der Waals surface area contributed by atoms with Gasteiger partial charge in [-0.1, -0.05) is 24.6 Å². The average Bonchev–Trinajstić information content (AvgIpc) is 2.64. The molecule has 1 aliphatic carbocycles. The number of hydrogen-bond donors (Lipinski definition) is 0. The van der Waals surface area contributed by atoms with Gasteiger partial charge >= 0.3 is 0 Å². The van der Waals surface area contributed by atoms with Gasteiger partial charge < -0.3 is 4.74 Å². The van der Waals surface area contributed by atoms with Gasteiger partial charge in [0, 0.05) is 19.4 Å². The van der Waals surface area contributed by atoms with Gasteiger partial charge in [-0.3, -0.25) is 4.90 Å². The first kappa shape index (κ1) is 17.7. The van der Waals surface area contributed by atoms with Crippen LogP contribution in [-0.4, -0.2) is 30.0 Å². The molecule has 1 heterocycles. The van der Waals surface area contributed by atoms with E-state index in [2.05, 4.69) is 29.2 Å². The first-order chi connectivity index (χ1) is 12.6. The molecule has 4 rings (SSSR count). The predicted octanol–water partition coefficient (Wildman–Crippen LogP) is 5.78. The van der Waals surface area contributed by atoms with Crippen LogP contribution >= 0.6 is 0 Å². The lowest BCUT2D eigenvalue weighted by Gasteiger charge is -2.28. The molecule has 0 radical (unpaired) electrons. The Labute approximate surface area is 154 Å². The van der Waals surface area contributed by atoms with E-state index in [4.69, 9.17) is 4.74 Å². The van der Waals surface area contributed by atoms with Gasteiger partial charge in [-0.15, -0.1) is 0 Å². The number of rotatable bonds is 4. The monoisotopic (exact) mass is 359 g/mol. The van der Waals surface area contributed by atoms with Crippen molar-refractivity contribution < 1.29 is 13.5 Å². The summed E-state index contributed by atoms with van der Waals surface area (Å²) in [7, 11) is 0. The number of hydrogen-bond acceptors (Lipinski definition) is 2. The summed E-state index contributed by atoms with van der Waals surface area (Å²) >= 11 is 0. The number of ether oxygens (including phenoxy) is 1. The van der Waals surface area contributed by atoms with E-state index in [1.54, 1.807) is 0 Å². The van der Waals surface area contributed by atoms with Crippen molar-refractivity contribution in [1.29, 1.82) is 0 Å². The fraction of sp³-hybridized carbons (Fsp3) is 0.545. The summed E-state index contributed by atoms with van der Waals surface area (Å²) in [5, 5.41) is 2.35. The van der Waals surface area contributed by atoms with Crippen LogP contribution in [0.25, 0.3) is 10.8 Å². The van der Waals surface area contributed by atoms with Crippen molar-refractivity contribution in [3.63, 3.8) is 0 Å². The molecule has 1 saturated heterocycles. The lowest BCUT2D eigenvalue weighted by Crippen LogP contribution is -2.30. The average molecular weight is 359 g/mol. The highest BCUT2D eigenvalue weighted by molar-refractivity contribution is 5.84. The molecule has 2 aromatic rings. The molecule has 0 bridgehead atoms. The maximum absolute atomic E-state index is 13.3. The molecule has 1 saturated carbocycles. The van der Waals surface area contributed by atoms with Crippen molar-refractivity contribution in [1.82, 2.24) is 4.90 Å². The molecule has 1 aliphatic heterocycles. The van der Waals surface area contributed by atoms with Crippen LogP contribution in [0, 0.1) is 0 Å². The third-order valence-corrected chi connectivity index (χ3v) is 5.70. The molecular formula is C22H27F2NO. The van der Waals surface area contributed by atoms with E-state index >= 15 is 0 Å². The molecule has 0 spiro atoms. The second-order valence-corrected chi connectivity index (χ2v) is 7.85. The van der Waals surface area contributed by atoms with Gasteiger partial charge in [0.15, 0.2) is 0 Å². The van der Waals surface area contributed by atoms with Gasteiger partial charge in [0.1, 0.15) is 5.75 Å². The van der Waals surface area contributed by atoms with E-state index in [0.717, 1.165) is 17.7 Å². The number of fused-ring (bicyclic) bond motifs is 1. The minimum atomic E-state index is -2.51. The largest absolute Gasteiger partial charge is 0.490 e. The third-order valence-electron chi connectivity index (χ3n) is 5.70. The summed E-state index contributed by atoms with van der Waals surface area (Å²) in [6.45, 7) is 3.42. The number of benzene rings is 2. The van der Waals surface area contributed by atoms with E-state index in [9.17, 15) is 8.78 Å². The number of nitrogens with zero attached hydrogens (tertiary/aromatic N) is 1. The van der Waals surface area contributed by atoms with Crippen LogP contribution in [-0.2, 0) is 6.54 Å². The second kappa shape index (κ2) is 7.51. The minimum absolute atomic E-state index is 0.0644. The summed E-state index contributed by atoms with van der Waals surface area (Å²) in [5.74, 6) is -1.72. The second-order valence-electron chi connectivity index (χ2n) is 7.85. The SMILES string of the molecule is FC1(F)CCC(Oc2ccc3cc(CN4CCCCC4)ccc3c2)CC1. The molecule has 2 aliphatic rings. The van der Waals surface area contributed by atoms with E-state index in [0.29, 0.717) is 12.8 Å². The highest BCUT2D eigenvalue weighted by atomic mass is 19.3. The molecule has 0 atom stereocenters. The minimum Gasteiger partial charge on any atom is -0.490 e. The molecule has 2 aromatic carbocycles. The van der Waals surface area contributed by atoms with Crippen molar-refractivity contribution in [2.45, 2.75) is 63.5 Å². The number of likely N-dealkylation sites (tertiary alicyclic amines) is 1. The van der Waals surface area contributed by atoms with Crippen LogP contribution in [0.3, 0.4) is 0 Å². The molecule has 0 amide bonds. The standard InChI is InChI=1S/C22H27F2NO/c23-22(24)10-8-20(9-11-22)26-21-7-6-18-14-17(4-5-19(18)15-21)16-25-12-2-1-3-13-25/h4-7,14-15,20H,1-3,8-13,16H2. The molecule has 0 N–H and O–H groups in total. The van der Waals surface area contributed by atoms with Crippen molar-refractivity contribution in [3.8, 4) is 5.75 Å². The quantitative estimate of drug-likeness (QED) is 0.686. The van der Waals surface area contributed by atoms with Gasteiger partial charge in [-0.25, -0.2) is 8.78 Å². The Morgan fingerprint density at radius 1 is 0.923 bits per heavy atom. The Balaban J connectivity index is 1.42. The Kier molecular flexibility index (Phi) is 5.12. The molecule has 26 heavy (non-hydrogen) atoms. The Morgan fingerprint density at radius 2 is 1.62 bits per heavy atom. The molecule has 2 nitrogen and oxygen atoms in total. The van der Waals surface area contributed by atoms with Gasteiger partial charge in [0.05, 0.1) is 6.10 Å². The fourth-order valence-corrected chi connectivity index (χ4v) is 4.14. The summed E-state index contributed by atoms with van der Waals surface area (Å²) < 4.78 is 32.5. The van der Waals surface area contributed by atoms with Crippen LogP contribution in [0.4, 0.5) is 8.78 Å². The Hall–Kier alpha value is -1.68. The van der Waals surface area contributed by atoms with Gasteiger partial charge in [0.25, 0.3) is 0 Å². The zero-order valence-electron chi connectivity index (χ0n) is 15.2. The molecule has 4 heteroatoms. The van der Waals surface area contributed by atoms with Crippen LogP contribution < -0.4 is 4.74 Å².